The van der Waals surface area contributed by atoms with Crippen LogP contribution in [-0.2, 0) is 0 Å². The van der Waals surface area contributed by atoms with E-state index in [9.17, 15) is 0 Å². The van der Waals surface area contributed by atoms with Gasteiger partial charge in [-0.2, -0.15) is 0 Å². The molecule has 0 spiro atoms. The van der Waals surface area contributed by atoms with Gasteiger partial charge in [0.25, 0.3) is 0 Å². The first-order valence-electron chi connectivity index (χ1n) is 7.94. The summed E-state index contributed by atoms with van der Waals surface area (Å²) in [6.45, 7) is 10.5. The fraction of sp³-hybridized carbons (Fsp3) is 0.500. The highest BCUT2D eigenvalue weighted by molar-refractivity contribution is 8.13. The van der Waals surface area contributed by atoms with Crippen LogP contribution >= 0.6 is 11.8 Å². The minimum absolute atomic E-state index is 0. The van der Waals surface area contributed by atoms with E-state index in [0.717, 1.165) is 29.7 Å². The number of nitrogens with zero attached hydrogens (tertiary/aromatic N) is 2. The van der Waals surface area contributed by atoms with Gasteiger partial charge in [-0.15, -0.1) is 6.58 Å². The summed E-state index contributed by atoms with van der Waals surface area (Å²) >= 11 is 1.78. The first-order chi connectivity index (χ1) is 10.3. The van der Waals surface area contributed by atoms with E-state index in [4.69, 9.17) is 4.99 Å². The highest BCUT2D eigenvalue weighted by Crippen LogP contribution is 2.18. The van der Waals surface area contributed by atoms with E-state index in [1.54, 1.807) is 11.8 Å². The third-order valence-corrected chi connectivity index (χ3v) is 4.15. The monoisotopic (exact) mass is 339 g/mol. The first kappa shape index (κ1) is 21.1. The average Bonchev–Trinajstić information content (AvgIpc) is 2.53. The second-order valence-corrected chi connectivity index (χ2v) is 6.01. The van der Waals surface area contributed by atoms with E-state index in [1.807, 2.05) is 24.3 Å². The highest BCUT2D eigenvalue weighted by atomic mass is 35.5. The van der Waals surface area contributed by atoms with Gasteiger partial charge in [-0.3, -0.25) is 0 Å². The van der Waals surface area contributed by atoms with Crippen molar-refractivity contribution < 1.29 is 12.4 Å². The van der Waals surface area contributed by atoms with Gasteiger partial charge in [0.15, 0.2) is 5.17 Å². The molecule has 4 heteroatoms. The molecule has 0 aliphatic rings. The zero-order chi connectivity index (χ0) is 15.3. The molecule has 0 saturated heterocycles. The Morgan fingerprint density at radius 3 is 2.23 bits per heavy atom. The number of hydrogen-bond donors (Lipinski definition) is 0. The Labute approximate surface area is 146 Å². The van der Waals surface area contributed by atoms with Crippen LogP contribution < -0.4 is 12.4 Å². The fourth-order valence-corrected chi connectivity index (χ4v) is 2.74. The third-order valence-electron chi connectivity index (χ3n) is 3.14. The lowest BCUT2D eigenvalue weighted by Crippen LogP contribution is -3.00. The molecule has 0 radical (unpaired) electrons. The van der Waals surface area contributed by atoms with Gasteiger partial charge in [0, 0.05) is 18.8 Å². The van der Waals surface area contributed by atoms with Crippen molar-refractivity contribution in [2.24, 2.45) is 4.99 Å². The van der Waals surface area contributed by atoms with Crippen LogP contribution in [0.4, 0.5) is 5.69 Å². The number of benzene rings is 1. The smallest absolute Gasteiger partial charge is 0.164 e. The molecule has 0 unspecified atom stereocenters. The van der Waals surface area contributed by atoms with Crippen LogP contribution in [-0.4, -0.2) is 28.9 Å². The maximum Gasteiger partial charge on any atom is 0.164 e. The molecule has 0 fully saturated rings. The molecule has 0 atom stereocenters. The van der Waals surface area contributed by atoms with Gasteiger partial charge in [0.05, 0.1) is 5.69 Å². The molecule has 0 saturated carbocycles. The molecule has 2 nitrogen and oxygen atoms in total. The molecular weight excluding hydrogens is 312 g/mol. The van der Waals surface area contributed by atoms with Crippen molar-refractivity contribution in [3.8, 4) is 0 Å². The largest absolute Gasteiger partial charge is 1.00 e. The second-order valence-electron chi connectivity index (χ2n) is 5.02. The van der Waals surface area contributed by atoms with Crippen molar-refractivity contribution in [3.63, 3.8) is 0 Å². The molecule has 1 rings (SSSR count). The number of halogens is 1. The van der Waals surface area contributed by atoms with Crippen molar-refractivity contribution in [2.45, 2.75) is 39.5 Å². The van der Waals surface area contributed by atoms with E-state index >= 15 is 0 Å². The zero-order valence-corrected chi connectivity index (χ0v) is 15.4. The summed E-state index contributed by atoms with van der Waals surface area (Å²) in [6, 6.07) is 10.2. The summed E-state index contributed by atoms with van der Waals surface area (Å²) in [5.74, 6) is 0.903. The molecule has 0 N–H and O–H groups in total. The molecule has 22 heavy (non-hydrogen) atoms. The molecule has 0 aliphatic carbocycles. The highest BCUT2D eigenvalue weighted by Gasteiger charge is 2.11. The lowest BCUT2D eigenvalue weighted by Gasteiger charge is -2.25. The number of hydrogen-bond acceptors (Lipinski definition) is 2. The van der Waals surface area contributed by atoms with Crippen LogP contribution in [0.25, 0.3) is 0 Å². The quantitative estimate of drug-likeness (QED) is 0.390. The second kappa shape index (κ2) is 13.7. The van der Waals surface area contributed by atoms with Crippen molar-refractivity contribution in [1.29, 1.82) is 0 Å². The fourth-order valence-electron chi connectivity index (χ4n) is 1.94. The molecular formula is C18H28ClN2S-. The Morgan fingerprint density at radius 1 is 1.14 bits per heavy atom. The number of para-hydroxylation sites is 1. The zero-order valence-electron chi connectivity index (χ0n) is 13.8. The summed E-state index contributed by atoms with van der Waals surface area (Å²) in [4.78, 5) is 7.30. The van der Waals surface area contributed by atoms with Crippen LogP contribution in [0.2, 0.25) is 0 Å². The van der Waals surface area contributed by atoms with Crippen LogP contribution in [0.1, 0.15) is 39.5 Å². The Bertz CT molecular complexity index is 412. The van der Waals surface area contributed by atoms with Crippen LogP contribution in [0.5, 0.6) is 0 Å². The first-order valence-corrected chi connectivity index (χ1v) is 8.92. The average molecular weight is 340 g/mol. The van der Waals surface area contributed by atoms with Crippen molar-refractivity contribution in [2.75, 3.05) is 18.8 Å². The number of unbranched alkanes of at least 4 members (excludes halogenated alkanes) is 2. The van der Waals surface area contributed by atoms with E-state index in [0.29, 0.717) is 0 Å². The normalized spacial score (nSPS) is 10.9. The predicted molar refractivity (Wildman–Crippen MR) is 97.6 cm³/mol. The number of thioether (sulfide) groups is 1. The van der Waals surface area contributed by atoms with Crippen molar-refractivity contribution in [3.05, 3.63) is 43.0 Å². The topological polar surface area (TPSA) is 15.6 Å². The van der Waals surface area contributed by atoms with Gasteiger partial charge in [-0.25, -0.2) is 4.99 Å². The minimum Gasteiger partial charge on any atom is -1.00 e. The summed E-state index contributed by atoms with van der Waals surface area (Å²) < 4.78 is 0. The molecule has 0 heterocycles. The van der Waals surface area contributed by atoms with Crippen LogP contribution in [0, 0.1) is 0 Å². The summed E-state index contributed by atoms with van der Waals surface area (Å²) in [5.41, 5.74) is 1.03. The maximum atomic E-state index is 4.86. The predicted octanol–water partition coefficient (Wildman–Crippen LogP) is 2.50. The summed E-state index contributed by atoms with van der Waals surface area (Å²) in [6.07, 6.45) is 6.81. The summed E-state index contributed by atoms with van der Waals surface area (Å²) in [7, 11) is 0. The van der Waals surface area contributed by atoms with Gasteiger partial charge >= 0.3 is 0 Å². The van der Waals surface area contributed by atoms with Crippen LogP contribution in [0.3, 0.4) is 0 Å². The van der Waals surface area contributed by atoms with Gasteiger partial charge in [0.2, 0.25) is 0 Å². The van der Waals surface area contributed by atoms with Crippen molar-refractivity contribution in [1.82, 2.24) is 4.90 Å². The number of rotatable bonds is 9. The number of aliphatic imine (C=N–C) groups is 1. The molecule has 0 aliphatic heterocycles. The lowest BCUT2D eigenvalue weighted by molar-refractivity contribution is -0.00000448. The van der Waals surface area contributed by atoms with Gasteiger partial charge in [-0.05, 0) is 25.0 Å². The molecule has 0 aromatic heterocycles. The van der Waals surface area contributed by atoms with Gasteiger partial charge < -0.3 is 17.3 Å². The number of amidine groups is 1. The molecule has 124 valence electrons. The van der Waals surface area contributed by atoms with Gasteiger partial charge in [-0.1, -0.05) is 62.7 Å². The van der Waals surface area contributed by atoms with E-state index in [1.165, 1.54) is 25.7 Å². The standard InChI is InChI=1S/C18H28N2S.ClH/c1-4-7-14-20(15-8-5-2)18(21-16-6-3)19-17-12-10-9-11-13-17;/h6,9-13H,3-5,7-8,14-16H2,1-2H3;1H/p-1. The van der Waals surface area contributed by atoms with E-state index < -0.39 is 0 Å². The Balaban J connectivity index is 0.00000441. The lowest BCUT2D eigenvalue weighted by atomic mass is 10.3. The molecule has 0 bridgehead atoms. The third kappa shape index (κ3) is 8.50. The van der Waals surface area contributed by atoms with E-state index in [2.05, 4.69) is 37.5 Å². The minimum atomic E-state index is 0. The Kier molecular flexibility index (Phi) is 13.1. The SMILES string of the molecule is C=CCSC(=Nc1ccccc1)N(CCCC)CCCC.[Cl-]. The van der Waals surface area contributed by atoms with E-state index in [-0.39, 0.29) is 12.4 Å². The van der Waals surface area contributed by atoms with Crippen LogP contribution in [0.15, 0.2) is 48.0 Å². The Morgan fingerprint density at radius 2 is 1.73 bits per heavy atom. The summed E-state index contributed by atoms with van der Waals surface area (Å²) in [5, 5.41) is 1.13. The van der Waals surface area contributed by atoms with Crippen molar-refractivity contribution >= 4 is 22.6 Å². The van der Waals surface area contributed by atoms with Gasteiger partial charge in [0.1, 0.15) is 0 Å². The molecule has 1 aromatic carbocycles. The molecule has 1 aromatic rings. The molecule has 0 amide bonds. The maximum absolute atomic E-state index is 4.86. The Hall–Kier alpha value is -0.930.